The Balaban J connectivity index is 2.19. The largest absolute Gasteiger partial charge is 0.491 e. The molecule has 4 heteroatoms. The molecule has 1 aromatic rings. The van der Waals surface area contributed by atoms with Crippen LogP contribution < -0.4 is 10.1 Å². The lowest BCUT2D eigenvalue weighted by atomic mass is 10.2. The van der Waals surface area contributed by atoms with Crippen LogP contribution in [-0.4, -0.2) is 43.6 Å². The van der Waals surface area contributed by atoms with Gasteiger partial charge in [-0.15, -0.1) is 0 Å². The molecule has 0 saturated heterocycles. The number of ether oxygens (including phenoxy) is 1. The summed E-state index contributed by atoms with van der Waals surface area (Å²) in [7, 11) is 1.83. The number of hydrogen-bond acceptors (Lipinski definition) is 3. The van der Waals surface area contributed by atoms with Crippen LogP contribution in [0.15, 0.2) is 24.3 Å². The van der Waals surface area contributed by atoms with Crippen molar-refractivity contribution in [3.63, 3.8) is 0 Å². The molecule has 0 aliphatic rings. The Bertz CT molecular complexity index is 433. The second-order valence-electron chi connectivity index (χ2n) is 5.64. The minimum absolute atomic E-state index is 0.175. The summed E-state index contributed by atoms with van der Waals surface area (Å²) in [6, 6.07) is 8.39. The molecule has 0 saturated carbocycles. The summed E-state index contributed by atoms with van der Waals surface area (Å²) in [5.74, 6) is 1.06. The van der Waals surface area contributed by atoms with E-state index in [-0.39, 0.29) is 5.91 Å². The molecular formula is C17H28N2O2. The van der Waals surface area contributed by atoms with Crippen molar-refractivity contribution < 1.29 is 9.53 Å². The second-order valence-corrected chi connectivity index (χ2v) is 5.64. The van der Waals surface area contributed by atoms with Crippen LogP contribution in [0.3, 0.4) is 0 Å². The van der Waals surface area contributed by atoms with E-state index in [1.165, 1.54) is 0 Å². The molecule has 0 fully saturated rings. The molecule has 0 bridgehead atoms. The van der Waals surface area contributed by atoms with Crippen LogP contribution in [0.1, 0.15) is 32.3 Å². The van der Waals surface area contributed by atoms with E-state index in [1.807, 2.05) is 38.2 Å². The summed E-state index contributed by atoms with van der Waals surface area (Å²) in [6.45, 7) is 8.26. The number of nitrogens with zero attached hydrogens (tertiary/aromatic N) is 1. The Morgan fingerprint density at radius 3 is 2.71 bits per heavy atom. The van der Waals surface area contributed by atoms with E-state index >= 15 is 0 Å². The van der Waals surface area contributed by atoms with Gasteiger partial charge in [-0.05, 0) is 31.5 Å². The molecule has 0 aliphatic carbocycles. The minimum atomic E-state index is 0.175. The lowest BCUT2D eigenvalue weighted by Gasteiger charge is -2.18. The predicted molar refractivity (Wildman–Crippen MR) is 86.7 cm³/mol. The van der Waals surface area contributed by atoms with Gasteiger partial charge in [-0.2, -0.15) is 0 Å². The number of amides is 1. The van der Waals surface area contributed by atoms with Gasteiger partial charge in [-0.25, -0.2) is 0 Å². The zero-order chi connectivity index (χ0) is 15.7. The van der Waals surface area contributed by atoms with Crippen LogP contribution in [0.5, 0.6) is 5.75 Å². The van der Waals surface area contributed by atoms with Gasteiger partial charge in [0.1, 0.15) is 12.4 Å². The first-order chi connectivity index (χ1) is 10.0. The maximum Gasteiger partial charge on any atom is 0.222 e. The number of carbonyl (C=O) groups excluding carboxylic acids is 1. The fraction of sp³-hybridized carbons (Fsp3) is 0.588. The molecule has 0 aromatic heterocycles. The van der Waals surface area contributed by atoms with Gasteiger partial charge in [0.15, 0.2) is 0 Å². The highest BCUT2D eigenvalue weighted by atomic mass is 16.5. The van der Waals surface area contributed by atoms with Crippen molar-refractivity contribution in [2.24, 2.45) is 0 Å². The van der Waals surface area contributed by atoms with E-state index in [2.05, 4.69) is 19.2 Å². The van der Waals surface area contributed by atoms with E-state index < -0.39 is 0 Å². The Morgan fingerprint density at radius 2 is 2.05 bits per heavy atom. The SMILES string of the molecule is Cc1ccccc1OCCN(C)C(=O)CCCNC(C)C. The van der Waals surface area contributed by atoms with E-state index in [9.17, 15) is 4.79 Å². The summed E-state index contributed by atoms with van der Waals surface area (Å²) in [5.41, 5.74) is 1.12. The first-order valence-corrected chi connectivity index (χ1v) is 7.66. The lowest BCUT2D eigenvalue weighted by Crippen LogP contribution is -2.32. The number of likely N-dealkylation sites (N-methyl/N-ethyl adjacent to an activating group) is 1. The third-order valence-electron chi connectivity index (χ3n) is 3.32. The maximum atomic E-state index is 11.9. The van der Waals surface area contributed by atoms with Gasteiger partial charge >= 0.3 is 0 Å². The zero-order valence-electron chi connectivity index (χ0n) is 13.7. The Hall–Kier alpha value is -1.55. The third-order valence-corrected chi connectivity index (χ3v) is 3.32. The summed E-state index contributed by atoms with van der Waals surface area (Å²) in [4.78, 5) is 13.7. The van der Waals surface area contributed by atoms with Crippen molar-refractivity contribution in [2.75, 3.05) is 26.7 Å². The molecule has 1 aromatic carbocycles. The second kappa shape index (κ2) is 9.40. The zero-order valence-corrected chi connectivity index (χ0v) is 13.7. The smallest absolute Gasteiger partial charge is 0.222 e. The van der Waals surface area contributed by atoms with Gasteiger partial charge < -0.3 is 15.0 Å². The summed E-state index contributed by atoms with van der Waals surface area (Å²) >= 11 is 0. The van der Waals surface area contributed by atoms with E-state index in [1.54, 1.807) is 4.90 Å². The number of benzene rings is 1. The molecule has 1 rings (SSSR count). The van der Waals surface area contributed by atoms with Gasteiger partial charge in [0, 0.05) is 19.5 Å². The topological polar surface area (TPSA) is 41.6 Å². The highest BCUT2D eigenvalue weighted by Gasteiger charge is 2.08. The number of carbonyl (C=O) groups is 1. The van der Waals surface area contributed by atoms with Crippen LogP contribution in [0, 0.1) is 6.92 Å². The normalized spacial score (nSPS) is 10.7. The Kier molecular flexibility index (Phi) is 7.83. The van der Waals surface area contributed by atoms with E-state index in [0.29, 0.717) is 25.6 Å². The number of rotatable bonds is 9. The highest BCUT2D eigenvalue weighted by molar-refractivity contribution is 5.75. The lowest BCUT2D eigenvalue weighted by molar-refractivity contribution is -0.130. The van der Waals surface area contributed by atoms with Crippen LogP contribution in [-0.2, 0) is 4.79 Å². The summed E-state index contributed by atoms with van der Waals surface area (Å²) in [5, 5.41) is 3.32. The van der Waals surface area contributed by atoms with E-state index in [4.69, 9.17) is 4.74 Å². The average molecular weight is 292 g/mol. The van der Waals surface area contributed by atoms with E-state index in [0.717, 1.165) is 24.3 Å². The van der Waals surface area contributed by atoms with Crippen LogP contribution in [0.25, 0.3) is 0 Å². The standard InChI is InChI=1S/C17H28N2O2/c1-14(2)18-11-7-10-17(20)19(4)12-13-21-16-9-6-5-8-15(16)3/h5-6,8-9,14,18H,7,10-13H2,1-4H3. The van der Waals surface area contributed by atoms with Gasteiger partial charge in [-0.1, -0.05) is 32.0 Å². The molecule has 21 heavy (non-hydrogen) atoms. The monoisotopic (exact) mass is 292 g/mol. The van der Waals surface area contributed by atoms with Crippen molar-refractivity contribution in [3.05, 3.63) is 29.8 Å². The predicted octanol–water partition coefficient (Wildman–Crippen LogP) is 2.61. The van der Waals surface area contributed by atoms with Gasteiger partial charge in [0.05, 0.1) is 6.54 Å². The number of aryl methyl sites for hydroxylation is 1. The molecule has 1 N–H and O–H groups in total. The van der Waals surface area contributed by atoms with Crippen molar-refractivity contribution in [3.8, 4) is 5.75 Å². The molecule has 0 unspecified atom stereocenters. The number of nitrogens with one attached hydrogen (secondary N) is 1. The van der Waals surface area contributed by atoms with Crippen LogP contribution >= 0.6 is 0 Å². The molecule has 0 aliphatic heterocycles. The first kappa shape index (κ1) is 17.5. The third kappa shape index (κ3) is 7.14. The Labute approximate surface area is 128 Å². The molecule has 4 nitrogen and oxygen atoms in total. The summed E-state index contributed by atoms with van der Waals surface area (Å²) < 4.78 is 5.71. The van der Waals surface area contributed by atoms with Crippen LogP contribution in [0.4, 0.5) is 0 Å². The van der Waals surface area contributed by atoms with Crippen LogP contribution in [0.2, 0.25) is 0 Å². The molecule has 0 radical (unpaired) electrons. The average Bonchev–Trinajstić information content (AvgIpc) is 2.45. The molecular weight excluding hydrogens is 264 g/mol. The maximum absolute atomic E-state index is 11.9. The molecule has 1 amide bonds. The minimum Gasteiger partial charge on any atom is -0.491 e. The van der Waals surface area contributed by atoms with Crippen molar-refractivity contribution >= 4 is 5.91 Å². The molecule has 118 valence electrons. The summed E-state index contributed by atoms with van der Waals surface area (Å²) in [6.07, 6.45) is 1.46. The Morgan fingerprint density at radius 1 is 1.33 bits per heavy atom. The quantitative estimate of drug-likeness (QED) is 0.711. The first-order valence-electron chi connectivity index (χ1n) is 7.66. The van der Waals surface area contributed by atoms with Crippen molar-refractivity contribution in [1.29, 1.82) is 0 Å². The van der Waals surface area contributed by atoms with Crippen molar-refractivity contribution in [2.45, 2.75) is 39.7 Å². The molecule has 0 atom stereocenters. The van der Waals surface area contributed by atoms with Gasteiger partial charge in [0.25, 0.3) is 0 Å². The van der Waals surface area contributed by atoms with Crippen molar-refractivity contribution in [1.82, 2.24) is 10.2 Å². The van der Waals surface area contributed by atoms with Gasteiger partial charge in [-0.3, -0.25) is 4.79 Å². The van der Waals surface area contributed by atoms with Gasteiger partial charge in [0.2, 0.25) is 5.91 Å². The molecule has 0 spiro atoms. The fourth-order valence-corrected chi connectivity index (χ4v) is 1.96. The number of hydrogen-bond donors (Lipinski definition) is 1. The highest BCUT2D eigenvalue weighted by Crippen LogP contribution is 2.15. The fourth-order valence-electron chi connectivity index (χ4n) is 1.96. The molecule has 0 heterocycles. The number of para-hydroxylation sites is 1.